The molecule has 1 aliphatic carbocycles. The molecule has 0 aliphatic heterocycles. The van der Waals surface area contributed by atoms with Crippen molar-refractivity contribution in [2.24, 2.45) is 0 Å². The number of aryl methyl sites for hydroxylation is 1. The molecule has 0 unspecified atom stereocenters. The van der Waals surface area contributed by atoms with Crippen molar-refractivity contribution < 1.29 is 9.32 Å². The van der Waals surface area contributed by atoms with Gasteiger partial charge in [-0.25, -0.2) is 0 Å². The number of benzene rings is 1. The molecule has 0 saturated heterocycles. The predicted octanol–water partition coefficient (Wildman–Crippen LogP) is 1.66. The van der Waals surface area contributed by atoms with E-state index in [0.717, 1.165) is 24.4 Å². The van der Waals surface area contributed by atoms with Gasteiger partial charge in [0, 0.05) is 11.6 Å². The normalized spacial score (nSPS) is 13.8. The van der Waals surface area contributed by atoms with Crippen molar-refractivity contribution in [1.82, 2.24) is 25.2 Å². The number of nitrogens with zero attached hydrogens (tertiary/aromatic N) is 3. The summed E-state index contributed by atoms with van der Waals surface area (Å²) in [5.41, 5.74) is 0.391. The molecule has 0 radical (unpaired) electrons. The highest BCUT2D eigenvalue weighted by Crippen LogP contribution is 2.40. The third-order valence-corrected chi connectivity index (χ3v) is 4.22. The second-order valence-electron chi connectivity index (χ2n) is 6.07. The SMILES string of the molecule is Cc1o[nH]c(=O)c1C(=O)NCc1nnc(C2CC2)n1-c1ccccc1. The van der Waals surface area contributed by atoms with Crippen LogP contribution < -0.4 is 10.9 Å². The largest absolute Gasteiger partial charge is 0.383 e. The lowest BCUT2D eigenvalue weighted by Gasteiger charge is -2.10. The van der Waals surface area contributed by atoms with Crippen molar-refractivity contribution in [3.05, 3.63) is 63.7 Å². The van der Waals surface area contributed by atoms with Gasteiger partial charge in [0.2, 0.25) is 0 Å². The zero-order chi connectivity index (χ0) is 17.4. The second-order valence-corrected chi connectivity index (χ2v) is 6.07. The Bertz CT molecular complexity index is 966. The number of nitrogens with one attached hydrogen (secondary N) is 2. The number of carbonyl (C=O) groups is 1. The van der Waals surface area contributed by atoms with Gasteiger partial charge in [-0.3, -0.25) is 14.2 Å². The van der Waals surface area contributed by atoms with Crippen molar-refractivity contribution in [3.8, 4) is 5.69 Å². The third-order valence-electron chi connectivity index (χ3n) is 4.22. The molecule has 0 atom stereocenters. The second kappa shape index (κ2) is 6.04. The van der Waals surface area contributed by atoms with Gasteiger partial charge in [-0.2, -0.15) is 5.16 Å². The number of amides is 1. The first-order chi connectivity index (χ1) is 12.1. The Kier molecular flexibility index (Phi) is 3.72. The van der Waals surface area contributed by atoms with Gasteiger partial charge in [-0.15, -0.1) is 10.2 Å². The molecule has 4 rings (SSSR count). The van der Waals surface area contributed by atoms with Gasteiger partial charge < -0.3 is 9.84 Å². The highest BCUT2D eigenvalue weighted by atomic mass is 16.5. The molecule has 128 valence electrons. The van der Waals surface area contributed by atoms with Crippen LogP contribution in [0.25, 0.3) is 5.69 Å². The van der Waals surface area contributed by atoms with Gasteiger partial charge in [-0.05, 0) is 31.9 Å². The van der Waals surface area contributed by atoms with Gasteiger partial charge in [0.25, 0.3) is 11.5 Å². The number of H-pyrrole nitrogens is 1. The molecule has 8 heteroatoms. The van der Waals surface area contributed by atoms with Crippen LogP contribution >= 0.6 is 0 Å². The molecule has 2 N–H and O–H groups in total. The van der Waals surface area contributed by atoms with Crippen LogP contribution in [0.1, 0.15) is 46.5 Å². The maximum Gasteiger partial charge on any atom is 0.293 e. The van der Waals surface area contributed by atoms with E-state index >= 15 is 0 Å². The fourth-order valence-corrected chi connectivity index (χ4v) is 2.80. The minimum Gasteiger partial charge on any atom is -0.383 e. The number of para-hydroxylation sites is 1. The molecule has 1 amide bonds. The summed E-state index contributed by atoms with van der Waals surface area (Å²) >= 11 is 0. The standard InChI is InChI=1S/C17H17N5O3/c1-10-14(17(24)21-25-10)16(23)18-9-13-19-20-15(11-7-8-11)22(13)12-5-3-2-4-6-12/h2-6,11H,7-9H2,1H3,(H,18,23)(H,21,24). The Labute approximate surface area is 142 Å². The van der Waals surface area contributed by atoms with Crippen LogP contribution in [0.3, 0.4) is 0 Å². The van der Waals surface area contributed by atoms with E-state index in [9.17, 15) is 9.59 Å². The number of carbonyl (C=O) groups excluding carboxylic acids is 1. The first-order valence-electron chi connectivity index (χ1n) is 8.11. The van der Waals surface area contributed by atoms with Crippen LogP contribution in [0.15, 0.2) is 39.6 Å². The summed E-state index contributed by atoms with van der Waals surface area (Å²) in [6.45, 7) is 1.72. The monoisotopic (exact) mass is 339 g/mol. The van der Waals surface area contributed by atoms with E-state index in [1.54, 1.807) is 6.92 Å². The van der Waals surface area contributed by atoms with E-state index in [0.29, 0.717) is 11.7 Å². The first-order valence-corrected chi connectivity index (χ1v) is 8.11. The Hall–Kier alpha value is -3.16. The first kappa shape index (κ1) is 15.4. The lowest BCUT2D eigenvalue weighted by atomic mass is 10.2. The van der Waals surface area contributed by atoms with Crippen LogP contribution in [0.2, 0.25) is 0 Å². The maximum atomic E-state index is 12.3. The lowest BCUT2D eigenvalue weighted by Crippen LogP contribution is -2.29. The number of hydrogen-bond acceptors (Lipinski definition) is 5. The summed E-state index contributed by atoms with van der Waals surface area (Å²) in [7, 11) is 0. The molecule has 8 nitrogen and oxygen atoms in total. The Morgan fingerprint density at radius 2 is 2.08 bits per heavy atom. The van der Waals surface area contributed by atoms with Crippen LogP contribution in [-0.2, 0) is 6.54 Å². The van der Waals surface area contributed by atoms with Gasteiger partial charge in [0.15, 0.2) is 5.82 Å². The summed E-state index contributed by atoms with van der Waals surface area (Å²) in [6.07, 6.45) is 2.20. The Morgan fingerprint density at radius 3 is 2.72 bits per heavy atom. The number of aromatic nitrogens is 4. The van der Waals surface area contributed by atoms with Gasteiger partial charge in [0.1, 0.15) is 17.1 Å². The van der Waals surface area contributed by atoms with Crippen molar-refractivity contribution in [2.45, 2.75) is 32.2 Å². The zero-order valence-electron chi connectivity index (χ0n) is 13.7. The molecule has 1 aromatic carbocycles. The number of rotatable bonds is 5. The van der Waals surface area contributed by atoms with Crippen LogP contribution in [0.5, 0.6) is 0 Å². The molecule has 1 fully saturated rings. The van der Waals surface area contributed by atoms with Crippen molar-refractivity contribution in [1.29, 1.82) is 0 Å². The Balaban J connectivity index is 1.61. The van der Waals surface area contributed by atoms with Crippen molar-refractivity contribution in [2.75, 3.05) is 0 Å². The van der Waals surface area contributed by atoms with E-state index in [1.165, 1.54) is 0 Å². The summed E-state index contributed by atoms with van der Waals surface area (Å²) in [5, 5.41) is 13.4. The molecule has 0 bridgehead atoms. The van der Waals surface area contributed by atoms with Gasteiger partial charge in [-0.1, -0.05) is 18.2 Å². The van der Waals surface area contributed by atoms with Crippen molar-refractivity contribution in [3.63, 3.8) is 0 Å². The molecular weight excluding hydrogens is 322 g/mol. The quantitative estimate of drug-likeness (QED) is 0.735. The van der Waals surface area contributed by atoms with Gasteiger partial charge >= 0.3 is 0 Å². The third kappa shape index (κ3) is 2.86. The van der Waals surface area contributed by atoms with Crippen molar-refractivity contribution >= 4 is 5.91 Å². The molecule has 25 heavy (non-hydrogen) atoms. The fourth-order valence-electron chi connectivity index (χ4n) is 2.80. The van der Waals surface area contributed by atoms with E-state index in [1.807, 2.05) is 34.9 Å². The minimum atomic E-state index is -0.543. The molecule has 1 aliphatic rings. The fraction of sp³-hybridized carbons (Fsp3) is 0.294. The summed E-state index contributed by atoms with van der Waals surface area (Å²) < 4.78 is 6.85. The summed E-state index contributed by atoms with van der Waals surface area (Å²) in [4.78, 5) is 23.9. The number of aromatic amines is 1. The molecule has 3 aromatic rings. The summed E-state index contributed by atoms with van der Waals surface area (Å²) in [6, 6.07) is 9.79. The van der Waals surface area contributed by atoms with E-state index in [4.69, 9.17) is 4.52 Å². The van der Waals surface area contributed by atoms with Crippen LogP contribution in [0, 0.1) is 6.92 Å². The zero-order valence-corrected chi connectivity index (χ0v) is 13.7. The molecule has 2 heterocycles. The van der Waals surface area contributed by atoms with E-state index in [2.05, 4.69) is 20.7 Å². The maximum absolute atomic E-state index is 12.3. The van der Waals surface area contributed by atoms with Crippen LogP contribution in [0.4, 0.5) is 0 Å². The van der Waals surface area contributed by atoms with Gasteiger partial charge in [0.05, 0.1) is 6.54 Å². The molecule has 2 aromatic heterocycles. The average Bonchev–Trinajstić information content (AvgIpc) is 3.29. The molecular formula is C17H17N5O3. The lowest BCUT2D eigenvalue weighted by molar-refractivity contribution is 0.0947. The number of hydrogen-bond donors (Lipinski definition) is 2. The smallest absolute Gasteiger partial charge is 0.293 e. The minimum absolute atomic E-state index is 0.0202. The van der Waals surface area contributed by atoms with E-state index < -0.39 is 11.5 Å². The summed E-state index contributed by atoms with van der Waals surface area (Å²) in [5.74, 6) is 1.71. The van der Waals surface area contributed by atoms with Crippen LogP contribution in [-0.4, -0.2) is 25.8 Å². The highest BCUT2D eigenvalue weighted by Gasteiger charge is 2.31. The topological polar surface area (TPSA) is 106 Å². The molecule has 0 spiro atoms. The van der Waals surface area contributed by atoms with E-state index in [-0.39, 0.29) is 17.9 Å². The highest BCUT2D eigenvalue weighted by molar-refractivity contribution is 5.94. The Morgan fingerprint density at radius 1 is 1.32 bits per heavy atom. The molecule has 1 saturated carbocycles. The average molecular weight is 339 g/mol. The predicted molar refractivity (Wildman–Crippen MR) is 88.6 cm³/mol.